The van der Waals surface area contributed by atoms with Crippen molar-refractivity contribution < 1.29 is 19.1 Å². The smallest absolute Gasteiger partial charge is 0.410 e. The maximum atomic E-state index is 13.6. The SMILES string of the molecule is CN(C)C=NCC(=O)c1cccc(N2Cc3c(cc(C4(C)CC4)nc3CN(C)C(=O)OC(C)(C)C)C2=O)n1. The lowest BCUT2D eigenvalue weighted by Crippen LogP contribution is -2.34. The van der Waals surface area contributed by atoms with E-state index in [2.05, 4.69) is 16.9 Å². The second kappa shape index (κ2) is 10.2. The highest BCUT2D eigenvalue weighted by atomic mass is 16.6. The fraction of sp³-hybridized carbons (Fsp3) is 0.500. The highest BCUT2D eigenvalue weighted by molar-refractivity contribution is 6.10. The topological polar surface area (TPSA) is 108 Å². The van der Waals surface area contributed by atoms with Gasteiger partial charge < -0.3 is 14.5 Å². The average Bonchev–Trinajstić information content (AvgIpc) is 3.50. The minimum Gasteiger partial charge on any atom is -0.444 e. The van der Waals surface area contributed by atoms with Gasteiger partial charge in [-0.3, -0.25) is 24.5 Å². The van der Waals surface area contributed by atoms with Crippen LogP contribution in [-0.4, -0.2) is 77.2 Å². The molecule has 1 aliphatic heterocycles. The number of ether oxygens (including phenoxy) is 1. The molecule has 1 aliphatic carbocycles. The average molecular weight is 521 g/mol. The van der Waals surface area contributed by atoms with E-state index in [9.17, 15) is 14.4 Å². The Labute approximate surface area is 223 Å². The van der Waals surface area contributed by atoms with Gasteiger partial charge in [0.15, 0.2) is 0 Å². The number of anilines is 1. The molecule has 0 spiro atoms. The number of Topliss-reactive ketones (excluding diaryl/α,β-unsaturated/α-hetero) is 1. The van der Waals surface area contributed by atoms with Crippen LogP contribution < -0.4 is 4.90 Å². The van der Waals surface area contributed by atoms with Crippen molar-refractivity contribution >= 4 is 29.9 Å². The van der Waals surface area contributed by atoms with Crippen LogP contribution in [0.3, 0.4) is 0 Å². The molecule has 2 aromatic rings. The number of carbonyl (C=O) groups is 3. The van der Waals surface area contributed by atoms with E-state index in [1.54, 1.807) is 41.4 Å². The molecule has 3 heterocycles. The van der Waals surface area contributed by atoms with Crippen molar-refractivity contribution in [3.63, 3.8) is 0 Å². The quantitative estimate of drug-likeness (QED) is 0.296. The highest BCUT2D eigenvalue weighted by Crippen LogP contribution is 2.48. The van der Waals surface area contributed by atoms with Crippen LogP contribution in [0.4, 0.5) is 10.6 Å². The zero-order valence-electron chi connectivity index (χ0n) is 23.2. The molecule has 0 saturated heterocycles. The van der Waals surface area contributed by atoms with Gasteiger partial charge in [0.05, 0.1) is 25.1 Å². The van der Waals surface area contributed by atoms with E-state index >= 15 is 0 Å². The summed E-state index contributed by atoms with van der Waals surface area (Å²) in [4.78, 5) is 57.2. The van der Waals surface area contributed by atoms with Crippen LogP contribution in [0.15, 0.2) is 29.3 Å². The first kappa shape index (κ1) is 27.2. The first-order valence-electron chi connectivity index (χ1n) is 12.7. The molecule has 0 N–H and O–H groups in total. The van der Waals surface area contributed by atoms with Gasteiger partial charge in [0, 0.05) is 43.4 Å². The van der Waals surface area contributed by atoms with Crippen molar-refractivity contribution in [3.05, 3.63) is 52.5 Å². The summed E-state index contributed by atoms with van der Waals surface area (Å²) in [7, 11) is 5.32. The maximum Gasteiger partial charge on any atom is 0.410 e. The predicted octanol–water partition coefficient (Wildman–Crippen LogP) is 3.83. The van der Waals surface area contributed by atoms with Crippen LogP contribution in [0, 0.1) is 0 Å². The Balaban J connectivity index is 1.62. The van der Waals surface area contributed by atoms with Gasteiger partial charge in [-0.1, -0.05) is 13.0 Å². The Morgan fingerprint density at radius 1 is 1.18 bits per heavy atom. The summed E-state index contributed by atoms with van der Waals surface area (Å²) >= 11 is 0. The van der Waals surface area contributed by atoms with Crippen molar-refractivity contribution in [2.75, 3.05) is 32.6 Å². The molecule has 202 valence electrons. The first-order chi connectivity index (χ1) is 17.8. The number of pyridine rings is 2. The third-order valence-corrected chi connectivity index (χ3v) is 6.56. The summed E-state index contributed by atoms with van der Waals surface area (Å²) in [6.45, 7) is 8.02. The lowest BCUT2D eigenvalue weighted by molar-refractivity contribution is 0.0282. The van der Waals surface area contributed by atoms with Crippen LogP contribution in [0.25, 0.3) is 0 Å². The zero-order chi connectivity index (χ0) is 27.8. The van der Waals surface area contributed by atoms with E-state index in [0.29, 0.717) is 17.1 Å². The Morgan fingerprint density at radius 2 is 1.89 bits per heavy atom. The summed E-state index contributed by atoms with van der Waals surface area (Å²) < 4.78 is 5.52. The molecule has 2 aromatic heterocycles. The summed E-state index contributed by atoms with van der Waals surface area (Å²) in [5, 5.41) is 0. The second-order valence-corrected chi connectivity index (χ2v) is 11.5. The number of hydrogen-bond acceptors (Lipinski definition) is 7. The number of aromatic nitrogens is 2. The van der Waals surface area contributed by atoms with Crippen molar-refractivity contribution in [2.45, 2.75) is 64.6 Å². The van der Waals surface area contributed by atoms with Gasteiger partial charge in [-0.2, -0.15) is 0 Å². The van der Waals surface area contributed by atoms with Gasteiger partial charge in [0.1, 0.15) is 23.7 Å². The van der Waals surface area contributed by atoms with Gasteiger partial charge in [-0.05, 0) is 51.8 Å². The van der Waals surface area contributed by atoms with Crippen LogP contribution in [0.5, 0.6) is 0 Å². The molecule has 4 rings (SSSR count). The van der Waals surface area contributed by atoms with Crippen molar-refractivity contribution in [1.29, 1.82) is 0 Å². The normalized spacial score (nSPS) is 16.0. The van der Waals surface area contributed by atoms with Gasteiger partial charge in [-0.15, -0.1) is 0 Å². The Hall–Kier alpha value is -3.82. The number of fused-ring (bicyclic) bond motifs is 1. The Kier molecular flexibility index (Phi) is 7.27. The second-order valence-electron chi connectivity index (χ2n) is 11.5. The standard InChI is InChI=1S/C28H36N6O4/c1-27(2,3)38-26(37)33(7)16-21-19-15-34(25(36)18(19)13-23(30-21)28(4)11-12-28)24-10-8-9-20(31-24)22(35)14-29-17-32(5)6/h8-10,13,17H,11-12,14-16H2,1-7H3. The Morgan fingerprint density at radius 3 is 2.53 bits per heavy atom. The Bertz CT molecular complexity index is 1290. The molecule has 1 fully saturated rings. The summed E-state index contributed by atoms with van der Waals surface area (Å²) in [5.74, 6) is -0.0459. The van der Waals surface area contributed by atoms with Crippen LogP contribution in [-0.2, 0) is 23.2 Å². The summed E-state index contributed by atoms with van der Waals surface area (Å²) in [5.41, 5.74) is 2.39. The molecule has 1 saturated carbocycles. The van der Waals surface area contributed by atoms with E-state index < -0.39 is 11.7 Å². The summed E-state index contributed by atoms with van der Waals surface area (Å²) in [6.07, 6.45) is 3.12. The van der Waals surface area contributed by atoms with E-state index in [1.165, 1.54) is 4.90 Å². The van der Waals surface area contributed by atoms with Crippen LogP contribution in [0.2, 0.25) is 0 Å². The number of ketones is 1. The lowest BCUT2D eigenvalue weighted by atomic mass is 9.99. The van der Waals surface area contributed by atoms with Crippen molar-refractivity contribution in [3.8, 4) is 0 Å². The number of rotatable bonds is 8. The minimum atomic E-state index is -0.622. The fourth-order valence-electron chi connectivity index (χ4n) is 4.16. The maximum absolute atomic E-state index is 13.6. The van der Waals surface area contributed by atoms with E-state index in [1.807, 2.05) is 40.9 Å². The minimum absolute atomic E-state index is 0.0319. The van der Waals surface area contributed by atoms with Crippen LogP contribution in [0.1, 0.15) is 78.3 Å². The van der Waals surface area contributed by atoms with E-state index in [0.717, 1.165) is 24.1 Å². The van der Waals surface area contributed by atoms with Gasteiger partial charge in [0.25, 0.3) is 5.91 Å². The van der Waals surface area contributed by atoms with E-state index in [4.69, 9.17) is 9.72 Å². The van der Waals surface area contributed by atoms with E-state index in [-0.39, 0.29) is 42.4 Å². The molecule has 0 atom stereocenters. The number of hydrogen-bond donors (Lipinski definition) is 0. The number of aliphatic imine (C=N–C) groups is 1. The predicted molar refractivity (Wildman–Crippen MR) is 145 cm³/mol. The number of carbonyl (C=O) groups excluding carboxylic acids is 3. The monoisotopic (exact) mass is 520 g/mol. The largest absolute Gasteiger partial charge is 0.444 e. The first-order valence-corrected chi connectivity index (χ1v) is 12.7. The van der Waals surface area contributed by atoms with Crippen molar-refractivity contribution in [2.24, 2.45) is 4.99 Å². The molecule has 0 radical (unpaired) electrons. The molecular weight excluding hydrogens is 484 g/mol. The molecule has 0 bridgehead atoms. The molecule has 2 aliphatic rings. The third kappa shape index (κ3) is 6.00. The molecule has 10 nitrogen and oxygen atoms in total. The molecular formula is C28H36N6O4. The molecule has 2 amide bonds. The van der Waals surface area contributed by atoms with Gasteiger partial charge in [0.2, 0.25) is 5.78 Å². The van der Waals surface area contributed by atoms with Crippen LogP contribution >= 0.6 is 0 Å². The summed E-state index contributed by atoms with van der Waals surface area (Å²) in [6, 6.07) is 6.94. The number of amides is 2. The molecule has 38 heavy (non-hydrogen) atoms. The lowest BCUT2D eigenvalue weighted by Gasteiger charge is -2.25. The van der Waals surface area contributed by atoms with Crippen molar-refractivity contribution in [1.82, 2.24) is 19.8 Å². The molecule has 0 aromatic carbocycles. The fourth-order valence-corrected chi connectivity index (χ4v) is 4.16. The van der Waals surface area contributed by atoms with Gasteiger partial charge >= 0.3 is 6.09 Å². The number of nitrogens with zero attached hydrogens (tertiary/aromatic N) is 6. The zero-order valence-corrected chi connectivity index (χ0v) is 23.2. The third-order valence-electron chi connectivity index (χ3n) is 6.56. The molecule has 0 unspecified atom stereocenters. The highest BCUT2D eigenvalue weighted by Gasteiger charge is 2.43. The van der Waals surface area contributed by atoms with Gasteiger partial charge in [-0.25, -0.2) is 9.78 Å². The molecule has 10 heteroatoms.